The van der Waals surface area contributed by atoms with Crippen molar-refractivity contribution in [3.8, 4) is 0 Å². The number of nitrogens with zero attached hydrogens (tertiary/aromatic N) is 1. The topological polar surface area (TPSA) is 29.4 Å². The van der Waals surface area contributed by atoms with Crippen LogP contribution in [0.25, 0.3) is 0 Å². The zero-order chi connectivity index (χ0) is 17.6. The SMILES string of the molecule is Cc1ccc([S@@](=O)/N=C/c2ccc(Cc3cccc(C)c3)cc2)cc1. The first kappa shape index (κ1) is 17.3. The summed E-state index contributed by atoms with van der Waals surface area (Å²) in [5, 5.41) is 0. The van der Waals surface area contributed by atoms with Gasteiger partial charge in [-0.3, -0.25) is 0 Å². The van der Waals surface area contributed by atoms with Gasteiger partial charge in [0.1, 0.15) is 0 Å². The average molecular weight is 347 g/mol. The van der Waals surface area contributed by atoms with Crippen molar-refractivity contribution in [1.29, 1.82) is 0 Å². The fourth-order valence-corrected chi connectivity index (χ4v) is 3.31. The lowest BCUT2D eigenvalue weighted by Crippen LogP contribution is -1.91. The van der Waals surface area contributed by atoms with Crippen molar-refractivity contribution in [1.82, 2.24) is 0 Å². The van der Waals surface area contributed by atoms with E-state index in [0.29, 0.717) is 0 Å². The van der Waals surface area contributed by atoms with Crippen molar-refractivity contribution >= 4 is 17.2 Å². The van der Waals surface area contributed by atoms with Crippen LogP contribution in [0.1, 0.15) is 27.8 Å². The molecule has 0 saturated carbocycles. The second kappa shape index (κ2) is 8.04. The third kappa shape index (κ3) is 4.97. The molecule has 0 saturated heterocycles. The molecule has 0 unspecified atom stereocenters. The van der Waals surface area contributed by atoms with Gasteiger partial charge in [0.15, 0.2) is 11.0 Å². The molecule has 0 aromatic heterocycles. The molecule has 3 heteroatoms. The van der Waals surface area contributed by atoms with E-state index in [0.717, 1.165) is 22.4 Å². The zero-order valence-corrected chi connectivity index (χ0v) is 15.3. The maximum Gasteiger partial charge on any atom is 0.172 e. The molecule has 0 radical (unpaired) electrons. The zero-order valence-electron chi connectivity index (χ0n) is 14.5. The Balaban J connectivity index is 1.66. The smallest absolute Gasteiger partial charge is 0.172 e. The molecule has 25 heavy (non-hydrogen) atoms. The van der Waals surface area contributed by atoms with Gasteiger partial charge in [-0.05, 0) is 49.1 Å². The van der Waals surface area contributed by atoms with Gasteiger partial charge in [-0.15, -0.1) is 0 Å². The lowest BCUT2D eigenvalue weighted by Gasteiger charge is -2.04. The predicted molar refractivity (Wildman–Crippen MR) is 106 cm³/mol. The van der Waals surface area contributed by atoms with E-state index in [1.54, 1.807) is 6.21 Å². The number of rotatable bonds is 5. The Labute approximate surface area is 151 Å². The normalized spacial score (nSPS) is 12.4. The summed E-state index contributed by atoms with van der Waals surface area (Å²) < 4.78 is 16.3. The van der Waals surface area contributed by atoms with Gasteiger partial charge in [0.2, 0.25) is 0 Å². The highest BCUT2D eigenvalue weighted by Crippen LogP contribution is 2.13. The fourth-order valence-electron chi connectivity index (χ4n) is 2.60. The van der Waals surface area contributed by atoms with E-state index >= 15 is 0 Å². The number of hydrogen-bond acceptors (Lipinski definition) is 1. The Kier molecular flexibility index (Phi) is 5.56. The van der Waals surface area contributed by atoms with Crippen LogP contribution in [0.5, 0.6) is 0 Å². The number of benzene rings is 3. The minimum Gasteiger partial charge on any atom is -0.229 e. The van der Waals surface area contributed by atoms with Crippen LogP contribution in [-0.2, 0) is 17.4 Å². The monoisotopic (exact) mass is 347 g/mol. The van der Waals surface area contributed by atoms with E-state index in [9.17, 15) is 4.21 Å². The first-order valence-corrected chi connectivity index (χ1v) is 9.38. The van der Waals surface area contributed by atoms with Crippen molar-refractivity contribution < 1.29 is 4.21 Å². The summed E-state index contributed by atoms with van der Waals surface area (Å²) in [5.74, 6) is 0. The fraction of sp³-hybridized carbons (Fsp3) is 0.136. The minimum absolute atomic E-state index is 0.720. The summed E-state index contributed by atoms with van der Waals surface area (Å²) in [4.78, 5) is 0.720. The molecule has 0 aliphatic carbocycles. The van der Waals surface area contributed by atoms with Gasteiger partial charge >= 0.3 is 0 Å². The van der Waals surface area contributed by atoms with Crippen LogP contribution >= 0.6 is 0 Å². The molecule has 126 valence electrons. The number of hydrogen-bond donors (Lipinski definition) is 0. The molecule has 0 bridgehead atoms. The molecule has 3 rings (SSSR count). The maximum atomic E-state index is 12.2. The van der Waals surface area contributed by atoms with E-state index in [1.165, 1.54) is 16.7 Å². The Morgan fingerprint density at radius 1 is 0.840 bits per heavy atom. The van der Waals surface area contributed by atoms with Gasteiger partial charge in [-0.1, -0.05) is 71.8 Å². The van der Waals surface area contributed by atoms with Crippen LogP contribution in [0.3, 0.4) is 0 Å². The second-order valence-corrected chi connectivity index (χ2v) is 7.38. The summed E-state index contributed by atoms with van der Waals surface area (Å²) in [6.45, 7) is 4.12. The van der Waals surface area contributed by atoms with E-state index in [4.69, 9.17) is 0 Å². The summed E-state index contributed by atoms with van der Waals surface area (Å²) in [6, 6.07) is 24.4. The van der Waals surface area contributed by atoms with Gasteiger partial charge in [0, 0.05) is 6.21 Å². The van der Waals surface area contributed by atoms with Gasteiger partial charge in [-0.2, -0.15) is 4.40 Å². The molecular formula is C22H21NOS. The Hall–Kier alpha value is -2.52. The summed E-state index contributed by atoms with van der Waals surface area (Å²) in [6.07, 6.45) is 2.58. The molecule has 0 amide bonds. The lowest BCUT2D eigenvalue weighted by molar-refractivity contribution is 0.684. The Bertz CT molecular complexity index is 896. The molecule has 0 aliphatic rings. The van der Waals surface area contributed by atoms with Crippen LogP contribution in [0.4, 0.5) is 0 Å². The molecule has 3 aromatic carbocycles. The Morgan fingerprint density at radius 3 is 2.24 bits per heavy atom. The molecular weight excluding hydrogens is 326 g/mol. The standard InChI is InChI=1S/C22H21NOS/c1-17-6-12-22(13-7-17)25(24)23-16-20-10-8-19(9-11-20)15-21-5-3-4-18(2)14-21/h3-14,16H,15H2,1-2H3/b23-16+/t25-/m1/s1. The van der Waals surface area contributed by atoms with Crippen molar-refractivity contribution in [2.75, 3.05) is 0 Å². The molecule has 0 N–H and O–H groups in total. The van der Waals surface area contributed by atoms with Crippen LogP contribution in [0, 0.1) is 13.8 Å². The van der Waals surface area contributed by atoms with E-state index in [2.05, 4.69) is 47.7 Å². The van der Waals surface area contributed by atoms with E-state index in [1.807, 2.05) is 43.3 Å². The van der Waals surface area contributed by atoms with Crippen LogP contribution < -0.4 is 0 Å². The van der Waals surface area contributed by atoms with Crippen LogP contribution in [0.15, 0.2) is 82.1 Å². The quantitative estimate of drug-likeness (QED) is 0.595. The first-order chi connectivity index (χ1) is 12.1. The van der Waals surface area contributed by atoms with Gasteiger partial charge in [0.05, 0.1) is 4.90 Å². The van der Waals surface area contributed by atoms with Gasteiger partial charge in [-0.25, -0.2) is 4.21 Å². The highest BCUT2D eigenvalue weighted by molar-refractivity contribution is 7.83. The van der Waals surface area contributed by atoms with E-state index in [-0.39, 0.29) is 0 Å². The molecule has 0 fully saturated rings. The Morgan fingerprint density at radius 2 is 1.56 bits per heavy atom. The molecule has 0 spiro atoms. The third-order valence-corrected chi connectivity index (χ3v) is 4.96. The largest absolute Gasteiger partial charge is 0.229 e. The van der Waals surface area contributed by atoms with E-state index < -0.39 is 11.0 Å². The van der Waals surface area contributed by atoms with Gasteiger partial charge in [0.25, 0.3) is 0 Å². The van der Waals surface area contributed by atoms with Crippen molar-refractivity contribution in [2.24, 2.45) is 4.40 Å². The third-order valence-electron chi connectivity index (χ3n) is 3.99. The molecule has 0 aliphatic heterocycles. The maximum absolute atomic E-state index is 12.2. The number of aryl methyl sites for hydroxylation is 2. The lowest BCUT2D eigenvalue weighted by atomic mass is 10.0. The summed E-state index contributed by atoms with van der Waals surface area (Å²) >= 11 is 0. The van der Waals surface area contributed by atoms with Crippen LogP contribution in [0.2, 0.25) is 0 Å². The minimum atomic E-state index is -1.36. The summed E-state index contributed by atoms with van der Waals surface area (Å²) in [5.41, 5.74) is 5.94. The average Bonchev–Trinajstić information content (AvgIpc) is 2.61. The van der Waals surface area contributed by atoms with Crippen molar-refractivity contribution in [2.45, 2.75) is 25.2 Å². The highest BCUT2D eigenvalue weighted by atomic mass is 32.2. The van der Waals surface area contributed by atoms with Crippen molar-refractivity contribution in [3.05, 3.63) is 101 Å². The first-order valence-electron chi connectivity index (χ1n) is 8.27. The van der Waals surface area contributed by atoms with Crippen LogP contribution in [-0.4, -0.2) is 10.4 Å². The van der Waals surface area contributed by atoms with Crippen molar-refractivity contribution in [3.63, 3.8) is 0 Å². The molecule has 2 nitrogen and oxygen atoms in total. The second-order valence-electron chi connectivity index (χ2n) is 6.20. The molecule has 0 heterocycles. The highest BCUT2D eigenvalue weighted by Gasteiger charge is 2.01. The predicted octanol–water partition coefficient (Wildman–Crippen LogP) is 5.04. The van der Waals surface area contributed by atoms with Gasteiger partial charge < -0.3 is 0 Å². The molecule has 3 aromatic rings. The summed E-state index contributed by atoms with van der Waals surface area (Å²) in [7, 11) is -1.36. The molecule has 1 atom stereocenters.